The highest BCUT2D eigenvalue weighted by molar-refractivity contribution is 6.17. The third kappa shape index (κ3) is 3.48. The fourth-order valence-electron chi connectivity index (χ4n) is 4.49. The highest BCUT2D eigenvalue weighted by Crippen LogP contribution is 2.37. The van der Waals surface area contributed by atoms with Crippen molar-refractivity contribution in [3.63, 3.8) is 0 Å². The molecule has 2 aromatic heterocycles. The molecule has 0 aliphatic rings. The molecule has 0 fully saturated rings. The molecule has 2 heterocycles. The standard InChI is InChI=1S/C27H16O11/c1-9(28)12-5-15-24(33)13-6-17(31)18(32)7-19(13)38-26(15)21(10(2)29)22(12)16-8-37-20-4-11(30)3-14(27(35)36)23(20)25(16)34/h3-8,30-32H,1-2H3,(H,35,36). The number of rotatable bonds is 4. The average Bonchev–Trinajstić information content (AvgIpc) is 2.84. The van der Waals surface area contributed by atoms with Crippen LogP contribution >= 0.6 is 0 Å². The monoisotopic (exact) mass is 516 g/mol. The van der Waals surface area contributed by atoms with Gasteiger partial charge in [0.2, 0.25) is 10.9 Å². The summed E-state index contributed by atoms with van der Waals surface area (Å²) in [6.45, 7) is 2.26. The van der Waals surface area contributed by atoms with Crippen LogP contribution in [0.5, 0.6) is 17.2 Å². The van der Waals surface area contributed by atoms with E-state index in [2.05, 4.69) is 0 Å². The Morgan fingerprint density at radius 1 is 0.763 bits per heavy atom. The van der Waals surface area contributed by atoms with Crippen LogP contribution in [0.2, 0.25) is 0 Å². The van der Waals surface area contributed by atoms with Crippen LogP contribution in [0.4, 0.5) is 0 Å². The third-order valence-electron chi connectivity index (χ3n) is 6.15. The molecule has 0 aliphatic carbocycles. The third-order valence-corrected chi connectivity index (χ3v) is 6.15. The fourth-order valence-corrected chi connectivity index (χ4v) is 4.49. The summed E-state index contributed by atoms with van der Waals surface area (Å²) in [5, 5.41) is 38.4. The molecule has 0 aliphatic heterocycles. The van der Waals surface area contributed by atoms with E-state index in [0.29, 0.717) is 0 Å². The number of hydrogen-bond donors (Lipinski definition) is 4. The van der Waals surface area contributed by atoms with Crippen LogP contribution in [0.3, 0.4) is 0 Å². The summed E-state index contributed by atoms with van der Waals surface area (Å²) in [6, 6.07) is 4.98. The van der Waals surface area contributed by atoms with Gasteiger partial charge in [0.05, 0.1) is 32.8 Å². The van der Waals surface area contributed by atoms with Crippen LogP contribution in [-0.2, 0) is 0 Å². The van der Waals surface area contributed by atoms with E-state index >= 15 is 0 Å². The molecule has 0 unspecified atom stereocenters. The second kappa shape index (κ2) is 8.30. The Morgan fingerprint density at radius 3 is 2.08 bits per heavy atom. The van der Waals surface area contributed by atoms with E-state index in [1.165, 1.54) is 0 Å². The number of phenols is 3. The molecule has 11 nitrogen and oxygen atoms in total. The summed E-state index contributed by atoms with van der Waals surface area (Å²) in [5.41, 5.74) is -4.11. The van der Waals surface area contributed by atoms with Gasteiger partial charge in [0.1, 0.15) is 28.8 Å². The lowest BCUT2D eigenvalue weighted by atomic mass is 9.88. The summed E-state index contributed by atoms with van der Waals surface area (Å²) in [6.07, 6.45) is 0.915. The normalized spacial score (nSPS) is 11.3. The molecule has 0 saturated carbocycles. The molecule has 0 spiro atoms. The second-order valence-electron chi connectivity index (χ2n) is 8.58. The predicted octanol–water partition coefficient (Wildman–Crippen LogP) is 3.94. The van der Waals surface area contributed by atoms with Crippen molar-refractivity contribution in [2.75, 3.05) is 0 Å². The number of ketones is 2. The molecule has 4 N–H and O–H groups in total. The first kappa shape index (κ1) is 24.3. The van der Waals surface area contributed by atoms with E-state index in [1.807, 2.05) is 0 Å². The zero-order valence-corrected chi connectivity index (χ0v) is 19.6. The molecule has 190 valence electrons. The lowest BCUT2D eigenvalue weighted by Crippen LogP contribution is -2.16. The molecule has 0 bridgehead atoms. The molecule has 0 radical (unpaired) electrons. The molecule has 11 heteroatoms. The maximum absolute atomic E-state index is 13.6. The molecule has 5 aromatic rings. The maximum Gasteiger partial charge on any atom is 0.336 e. The number of carbonyl (C=O) groups excluding carboxylic acids is 2. The number of aromatic carboxylic acids is 1. The van der Waals surface area contributed by atoms with Crippen LogP contribution in [0.15, 0.2) is 55.0 Å². The minimum Gasteiger partial charge on any atom is -0.508 e. The van der Waals surface area contributed by atoms with E-state index in [4.69, 9.17) is 8.83 Å². The smallest absolute Gasteiger partial charge is 0.336 e. The highest BCUT2D eigenvalue weighted by Gasteiger charge is 2.28. The number of carbonyl (C=O) groups is 3. The number of Topliss-reactive ketones (excluding diaryl/α,β-unsaturated/α-hetero) is 2. The van der Waals surface area contributed by atoms with E-state index in [9.17, 15) is 44.4 Å². The van der Waals surface area contributed by atoms with Crippen molar-refractivity contribution < 1.29 is 43.6 Å². The van der Waals surface area contributed by atoms with Gasteiger partial charge >= 0.3 is 5.97 Å². The first-order chi connectivity index (χ1) is 17.9. The van der Waals surface area contributed by atoms with Gasteiger partial charge in [-0.2, -0.15) is 0 Å². The van der Waals surface area contributed by atoms with E-state index in [1.54, 1.807) is 0 Å². The maximum atomic E-state index is 13.6. The average molecular weight is 516 g/mol. The van der Waals surface area contributed by atoms with Gasteiger partial charge in [-0.25, -0.2) is 4.79 Å². The fraction of sp³-hybridized carbons (Fsp3) is 0.0741. The van der Waals surface area contributed by atoms with Crippen molar-refractivity contribution >= 4 is 50.4 Å². The number of carboxylic acid groups (broad SMARTS) is 1. The van der Waals surface area contributed by atoms with Crippen molar-refractivity contribution in [1.82, 2.24) is 0 Å². The number of fused-ring (bicyclic) bond motifs is 3. The quantitative estimate of drug-likeness (QED) is 0.154. The summed E-state index contributed by atoms with van der Waals surface area (Å²) in [7, 11) is 0. The number of hydrogen-bond acceptors (Lipinski definition) is 10. The van der Waals surface area contributed by atoms with Gasteiger partial charge in [0.15, 0.2) is 23.1 Å². The summed E-state index contributed by atoms with van der Waals surface area (Å²) >= 11 is 0. The number of carboxylic acids is 1. The zero-order valence-electron chi connectivity index (χ0n) is 19.6. The molecule has 0 saturated heterocycles. The van der Waals surface area contributed by atoms with Gasteiger partial charge in [-0.3, -0.25) is 19.2 Å². The summed E-state index contributed by atoms with van der Waals surface area (Å²) < 4.78 is 11.2. The molecular weight excluding hydrogens is 500 g/mol. The predicted molar refractivity (Wildman–Crippen MR) is 133 cm³/mol. The van der Waals surface area contributed by atoms with Crippen molar-refractivity contribution in [3.05, 3.63) is 73.7 Å². The van der Waals surface area contributed by atoms with Crippen LogP contribution in [0, 0.1) is 0 Å². The number of phenolic OH excluding ortho intramolecular Hbond substituents is 3. The largest absolute Gasteiger partial charge is 0.508 e. The number of benzene rings is 3. The van der Waals surface area contributed by atoms with E-state index in [0.717, 1.165) is 50.4 Å². The van der Waals surface area contributed by atoms with Crippen molar-refractivity contribution in [2.24, 2.45) is 0 Å². The molecule has 3 aromatic carbocycles. The molecule has 0 atom stereocenters. The Labute approximate surface area is 210 Å². The highest BCUT2D eigenvalue weighted by atomic mass is 16.4. The lowest BCUT2D eigenvalue weighted by Gasteiger charge is -2.15. The van der Waals surface area contributed by atoms with Crippen molar-refractivity contribution in [3.8, 4) is 28.4 Å². The molecule has 5 rings (SSSR count). The Morgan fingerprint density at radius 2 is 1.45 bits per heavy atom. The Balaban J connectivity index is 2.02. The van der Waals surface area contributed by atoms with E-state index < -0.39 is 56.6 Å². The SMILES string of the molecule is CC(=O)c1cc2c(=O)c3cc(O)c(O)cc3oc2c(C(C)=O)c1-c1coc2cc(O)cc(C(=O)O)c2c1=O. The lowest BCUT2D eigenvalue weighted by molar-refractivity contribution is 0.0697. The van der Waals surface area contributed by atoms with Gasteiger partial charge < -0.3 is 29.3 Å². The van der Waals surface area contributed by atoms with Crippen LogP contribution in [-0.4, -0.2) is 38.0 Å². The Kier molecular flexibility index (Phi) is 5.30. The van der Waals surface area contributed by atoms with E-state index in [-0.39, 0.29) is 49.8 Å². The first-order valence-corrected chi connectivity index (χ1v) is 10.9. The Bertz CT molecular complexity index is 2030. The minimum absolute atomic E-state index is 0.138. The Hall–Kier alpha value is -5.45. The van der Waals surface area contributed by atoms with Crippen molar-refractivity contribution in [1.29, 1.82) is 0 Å². The van der Waals surface area contributed by atoms with Crippen LogP contribution in [0.1, 0.15) is 44.9 Å². The van der Waals surface area contributed by atoms with Gasteiger partial charge in [-0.1, -0.05) is 0 Å². The number of aromatic hydroxyl groups is 3. The molecule has 0 amide bonds. The van der Waals surface area contributed by atoms with Gasteiger partial charge in [0.25, 0.3) is 0 Å². The van der Waals surface area contributed by atoms with Crippen LogP contribution < -0.4 is 10.9 Å². The topological polar surface area (TPSA) is 193 Å². The van der Waals surface area contributed by atoms with Gasteiger partial charge in [0, 0.05) is 23.3 Å². The second-order valence-corrected chi connectivity index (χ2v) is 8.58. The zero-order chi connectivity index (χ0) is 27.6. The first-order valence-electron chi connectivity index (χ1n) is 10.9. The van der Waals surface area contributed by atoms with Gasteiger partial charge in [-0.05, 0) is 32.0 Å². The minimum atomic E-state index is -1.53. The summed E-state index contributed by atoms with van der Waals surface area (Å²) in [4.78, 5) is 64.5. The molecular formula is C27H16O11. The van der Waals surface area contributed by atoms with Crippen molar-refractivity contribution in [2.45, 2.75) is 13.8 Å². The summed E-state index contributed by atoms with van der Waals surface area (Å²) in [5.74, 6) is -4.53. The van der Waals surface area contributed by atoms with Gasteiger partial charge in [-0.15, -0.1) is 0 Å². The van der Waals surface area contributed by atoms with Crippen LogP contribution in [0.25, 0.3) is 44.0 Å². The molecule has 38 heavy (non-hydrogen) atoms.